The van der Waals surface area contributed by atoms with Crippen molar-refractivity contribution in [1.29, 1.82) is 0 Å². The average Bonchev–Trinajstić information content (AvgIpc) is 2.39. The van der Waals surface area contributed by atoms with Crippen molar-refractivity contribution in [2.45, 2.75) is 9.96 Å². The van der Waals surface area contributed by atoms with Crippen molar-refractivity contribution in [3.8, 4) is 0 Å². The third kappa shape index (κ3) is 6.84. The van der Waals surface area contributed by atoms with Crippen LogP contribution in [0.1, 0.15) is 0 Å². The molecule has 1 amide bonds. The van der Waals surface area contributed by atoms with E-state index in [1.165, 1.54) is 0 Å². The lowest BCUT2D eigenvalue weighted by molar-refractivity contribution is -0.117. The summed E-state index contributed by atoms with van der Waals surface area (Å²) < 4.78 is -0.853. The van der Waals surface area contributed by atoms with Crippen molar-refractivity contribution in [2.24, 2.45) is 0 Å². The van der Waals surface area contributed by atoms with Gasteiger partial charge >= 0.3 is 0 Å². The number of carbonyl (C=O) groups is 1. The van der Waals surface area contributed by atoms with E-state index in [-0.39, 0.29) is 5.11 Å². The highest BCUT2D eigenvalue weighted by atomic mass is 79.9. The summed E-state index contributed by atoms with van der Waals surface area (Å²) in [5.41, 5.74) is 0.744. The molecule has 0 radical (unpaired) electrons. The largest absolute Gasteiger partial charge is 0.339 e. The van der Waals surface area contributed by atoms with Crippen LogP contribution in [0.2, 0.25) is 0 Å². The fourth-order valence-corrected chi connectivity index (χ4v) is 2.06. The maximum Gasteiger partial charge on any atom is 0.245 e. The predicted molar refractivity (Wildman–Crippen MR) is 95.9 cm³/mol. The molecule has 0 aromatic heterocycles. The second-order valence-electron chi connectivity index (χ2n) is 3.79. The maximum absolute atomic E-state index is 11.3. The maximum atomic E-state index is 11.3. The van der Waals surface area contributed by atoms with E-state index < -0.39 is 15.9 Å². The molecule has 1 rings (SSSR count). The van der Waals surface area contributed by atoms with Gasteiger partial charge < -0.3 is 16.0 Å². The molecule has 3 N–H and O–H groups in total. The monoisotopic (exact) mass is 429 g/mol. The Hall–Kier alpha value is -0.530. The van der Waals surface area contributed by atoms with Gasteiger partial charge in [-0.2, -0.15) is 0 Å². The van der Waals surface area contributed by atoms with Crippen LogP contribution >= 0.6 is 63.0 Å². The van der Waals surface area contributed by atoms with E-state index in [9.17, 15) is 4.79 Å². The molecular formula is C12H11BrCl3N3OS. The van der Waals surface area contributed by atoms with Crippen molar-refractivity contribution in [2.75, 3.05) is 5.32 Å². The minimum Gasteiger partial charge on any atom is -0.339 e. The van der Waals surface area contributed by atoms with Crippen molar-refractivity contribution in [3.63, 3.8) is 0 Å². The molecule has 114 valence electrons. The lowest BCUT2D eigenvalue weighted by Crippen LogP contribution is -2.55. The van der Waals surface area contributed by atoms with Gasteiger partial charge in [0.25, 0.3) is 0 Å². The van der Waals surface area contributed by atoms with Gasteiger partial charge in [0.05, 0.1) is 0 Å². The molecule has 1 atom stereocenters. The smallest absolute Gasteiger partial charge is 0.245 e. The van der Waals surface area contributed by atoms with Crippen LogP contribution in [0.3, 0.4) is 0 Å². The van der Waals surface area contributed by atoms with E-state index in [0.717, 1.165) is 16.2 Å². The number of benzene rings is 1. The average molecular weight is 432 g/mol. The summed E-state index contributed by atoms with van der Waals surface area (Å²) in [6.07, 6.45) is 0.0551. The van der Waals surface area contributed by atoms with Crippen molar-refractivity contribution in [3.05, 3.63) is 41.4 Å². The molecule has 0 saturated carbocycles. The van der Waals surface area contributed by atoms with Gasteiger partial charge in [0.2, 0.25) is 9.70 Å². The topological polar surface area (TPSA) is 53.2 Å². The molecule has 1 aromatic carbocycles. The summed E-state index contributed by atoms with van der Waals surface area (Å²) in [4.78, 5) is 11.3. The molecule has 4 nitrogen and oxygen atoms in total. The predicted octanol–water partition coefficient (Wildman–Crippen LogP) is 3.73. The second kappa shape index (κ2) is 8.19. The number of alkyl halides is 3. The summed E-state index contributed by atoms with van der Waals surface area (Å²) >= 11 is 25.8. The summed E-state index contributed by atoms with van der Waals surface area (Å²) in [5.74, 6) is -0.495. The standard InChI is InChI=1S/C12H11BrCl3N3OS/c1-2-9(20)18-10(12(14,15)16)19-11(21)17-8-5-3-7(13)4-6-8/h2-6,10H,1H2,(H,18,20)(H2,17,19,21)/t10-/m0/s1. The van der Waals surface area contributed by atoms with E-state index in [0.29, 0.717) is 0 Å². The van der Waals surface area contributed by atoms with E-state index >= 15 is 0 Å². The Kier molecular flexibility index (Phi) is 7.23. The highest BCUT2D eigenvalue weighted by Crippen LogP contribution is 2.29. The van der Waals surface area contributed by atoms with E-state index in [2.05, 4.69) is 38.5 Å². The Morgan fingerprint density at radius 2 is 1.86 bits per heavy atom. The second-order valence-corrected chi connectivity index (χ2v) is 7.49. The first-order valence-corrected chi connectivity index (χ1v) is 7.88. The van der Waals surface area contributed by atoms with Crippen LogP contribution in [0.5, 0.6) is 0 Å². The Labute approximate surface area is 151 Å². The van der Waals surface area contributed by atoms with Crippen LogP contribution in [0, 0.1) is 0 Å². The molecule has 0 bridgehead atoms. The number of amides is 1. The molecule has 0 aliphatic rings. The first kappa shape index (κ1) is 18.5. The van der Waals surface area contributed by atoms with Gasteiger partial charge in [0.15, 0.2) is 5.11 Å². The Morgan fingerprint density at radius 3 is 2.33 bits per heavy atom. The zero-order valence-corrected chi connectivity index (χ0v) is 15.2. The van der Waals surface area contributed by atoms with Gasteiger partial charge in [0, 0.05) is 10.2 Å². The SMILES string of the molecule is C=CC(=O)N[C@@H](NC(=S)Nc1ccc(Br)cc1)C(Cl)(Cl)Cl. The lowest BCUT2D eigenvalue weighted by Gasteiger charge is -2.27. The van der Waals surface area contributed by atoms with Gasteiger partial charge in [-0.3, -0.25) is 4.79 Å². The number of thiocarbonyl (C=S) groups is 1. The normalized spacial score (nSPS) is 12.2. The molecule has 21 heavy (non-hydrogen) atoms. The summed E-state index contributed by atoms with van der Waals surface area (Å²) in [6, 6.07) is 7.31. The minimum atomic E-state index is -1.79. The third-order valence-electron chi connectivity index (χ3n) is 2.18. The van der Waals surface area contributed by atoms with Crippen LogP contribution < -0.4 is 16.0 Å². The van der Waals surface area contributed by atoms with E-state index in [1.807, 2.05) is 24.3 Å². The third-order valence-corrected chi connectivity index (χ3v) is 3.58. The zero-order chi connectivity index (χ0) is 16.0. The summed E-state index contributed by atoms with van der Waals surface area (Å²) in [5, 5.41) is 8.25. The molecular weight excluding hydrogens is 420 g/mol. The van der Waals surface area contributed by atoms with Gasteiger partial charge in [-0.15, -0.1) is 0 Å². The molecule has 0 aliphatic carbocycles. The van der Waals surface area contributed by atoms with E-state index in [4.69, 9.17) is 47.0 Å². The van der Waals surface area contributed by atoms with Crippen LogP contribution in [0.15, 0.2) is 41.4 Å². The number of rotatable bonds is 4. The lowest BCUT2D eigenvalue weighted by atomic mass is 10.3. The zero-order valence-electron chi connectivity index (χ0n) is 10.5. The first-order chi connectivity index (χ1) is 9.72. The summed E-state index contributed by atoms with van der Waals surface area (Å²) in [6.45, 7) is 3.33. The van der Waals surface area contributed by atoms with Crippen molar-refractivity contribution in [1.82, 2.24) is 10.6 Å². The number of anilines is 1. The Morgan fingerprint density at radius 1 is 1.29 bits per heavy atom. The molecule has 1 aromatic rings. The van der Waals surface area contributed by atoms with Gasteiger partial charge in [-0.1, -0.05) is 57.3 Å². The van der Waals surface area contributed by atoms with Gasteiger partial charge in [0.1, 0.15) is 6.17 Å². The highest BCUT2D eigenvalue weighted by molar-refractivity contribution is 9.10. The van der Waals surface area contributed by atoms with Crippen LogP contribution in [-0.2, 0) is 4.79 Å². The molecule has 0 fully saturated rings. The summed E-state index contributed by atoms with van der Waals surface area (Å²) in [7, 11) is 0. The quantitative estimate of drug-likeness (QED) is 0.294. The molecule has 0 aliphatic heterocycles. The molecule has 0 heterocycles. The molecule has 0 saturated heterocycles. The number of carbonyl (C=O) groups excluding carboxylic acids is 1. The van der Waals surface area contributed by atoms with Crippen molar-refractivity contribution < 1.29 is 4.79 Å². The van der Waals surface area contributed by atoms with Crippen LogP contribution in [-0.4, -0.2) is 21.0 Å². The van der Waals surface area contributed by atoms with Crippen LogP contribution in [0.4, 0.5) is 5.69 Å². The number of hydrogen-bond acceptors (Lipinski definition) is 2. The first-order valence-electron chi connectivity index (χ1n) is 5.55. The fraction of sp³-hybridized carbons (Fsp3) is 0.167. The van der Waals surface area contributed by atoms with Crippen molar-refractivity contribution >= 4 is 79.7 Å². The number of nitrogens with one attached hydrogen (secondary N) is 3. The molecule has 0 unspecified atom stereocenters. The number of hydrogen-bond donors (Lipinski definition) is 3. The van der Waals surface area contributed by atoms with Crippen LogP contribution in [0.25, 0.3) is 0 Å². The highest BCUT2D eigenvalue weighted by Gasteiger charge is 2.34. The number of halogens is 4. The molecule has 9 heteroatoms. The minimum absolute atomic E-state index is 0.193. The Bertz CT molecular complexity index is 534. The van der Waals surface area contributed by atoms with E-state index in [1.54, 1.807) is 0 Å². The Balaban J connectivity index is 2.69. The van der Waals surface area contributed by atoms with Gasteiger partial charge in [-0.25, -0.2) is 0 Å². The fourth-order valence-electron chi connectivity index (χ4n) is 1.23. The molecule has 0 spiro atoms. The van der Waals surface area contributed by atoms with Gasteiger partial charge in [-0.05, 0) is 42.6 Å².